The minimum Gasteiger partial charge on any atom is -0.493 e. The number of hydrogen-bond acceptors (Lipinski definition) is 2. The molecule has 0 radical (unpaired) electrons. The van der Waals surface area contributed by atoms with Crippen molar-refractivity contribution in [1.29, 1.82) is 0 Å². The molecule has 1 fully saturated rings. The summed E-state index contributed by atoms with van der Waals surface area (Å²) in [5.41, 5.74) is 6.78. The van der Waals surface area contributed by atoms with Gasteiger partial charge in [-0.05, 0) is 37.0 Å². The Morgan fingerprint density at radius 2 is 2.06 bits per heavy atom. The second kappa shape index (κ2) is 5.22. The van der Waals surface area contributed by atoms with Crippen LogP contribution >= 0.6 is 0 Å². The van der Waals surface area contributed by atoms with Crippen LogP contribution in [0.25, 0.3) is 0 Å². The van der Waals surface area contributed by atoms with E-state index in [1.54, 1.807) is 0 Å². The summed E-state index contributed by atoms with van der Waals surface area (Å²) in [5.74, 6) is -1.81. The van der Waals surface area contributed by atoms with E-state index in [-0.39, 0.29) is 24.8 Å². The Kier molecular flexibility index (Phi) is 3.85. The zero-order valence-electron chi connectivity index (χ0n) is 10.5. The van der Waals surface area contributed by atoms with Crippen LogP contribution in [-0.2, 0) is 0 Å². The van der Waals surface area contributed by atoms with Gasteiger partial charge in [-0.3, -0.25) is 0 Å². The molecule has 18 heavy (non-hydrogen) atoms. The van der Waals surface area contributed by atoms with Crippen LogP contribution in [0.2, 0.25) is 0 Å². The van der Waals surface area contributed by atoms with Crippen molar-refractivity contribution in [3.05, 3.63) is 29.8 Å². The van der Waals surface area contributed by atoms with Crippen LogP contribution in [0.1, 0.15) is 37.8 Å². The predicted molar refractivity (Wildman–Crippen MR) is 66.8 cm³/mol. The number of rotatable bonds is 4. The maximum atomic E-state index is 13.0. The van der Waals surface area contributed by atoms with Gasteiger partial charge >= 0.3 is 0 Å². The van der Waals surface area contributed by atoms with Crippen LogP contribution in [-0.4, -0.2) is 12.5 Å². The van der Waals surface area contributed by atoms with Gasteiger partial charge in [0.1, 0.15) is 5.75 Å². The molecule has 0 spiro atoms. The first-order valence-corrected chi connectivity index (χ1v) is 6.32. The van der Waals surface area contributed by atoms with E-state index in [1.165, 1.54) is 0 Å². The fraction of sp³-hybridized carbons (Fsp3) is 0.571. The summed E-state index contributed by atoms with van der Waals surface area (Å²) in [6.07, 6.45) is 0.487. The summed E-state index contributed by atoms with van der Waals surface area (Å²) < 4.78 is 31.5. The predicted octanol–water partition coefficient (Wildman–Crippen LogP) is 3.52. The lowest BCUT2D eigenvalue weighted by atomic mass is 10.1. The topological polar surface area (TPSA) is 35.2 Å². The number of nitrogens with two attached hydrogens (primary N) is 1. The summed E-state index contributed by atoms with van der Waals surface area (Å²) in [4.78, 5) is 0. The Balaban J connectivity index is 1.84. The Morgan fingerprint density at radius 1 is 1.39 bits per heavy atom. The smallest absolute Gasteiger partial charge is 0.248 e. The van der Waals surface area contributed by atoms with E-state index in [4.69, 9.17) is 10.5 Å². The minimum absolute atomic E-state index is 0.00688. The first kappa shape index (κ1) is 13.3. The molecule has 100 valence electrons. The normalized spacial score (nSPS) is 23.9. The van der Waals surface area contributed by atoms with Crippen LogP contribution in [0.5, 0.6) is 5.75 Å². The molecule has 4 heteroatoms. The van der Waals surface area contributed by atoms with Gasteiger partial charge in [0.05, 0.1) is 6.61 Å². The number of hydrogen-bond donors (Lipinski definition) is 1. The van der Waals surface area contributed by atoms with E-state index < -0.39 is 5.92 Å². The molecule has 1 aromatic rings. The first-order valence-electron chi connectivity index (χ1n) is 6.32. The SMILES string of the molecule is C[C@@H](N)c1ccc(OCC2CCC(F)(F)C2)cc1. The average molecular weight is 255 g/mol. The number of halogens is 2. The average Bonchev–Trinajstić information content (AvgIpc) is 2.67. The number of alkyl halides is 2. The van der Waals surface area contributed by atoms with E-state index in [0.717, 1.165) is 11.3 Å². The van der Waals surface area contributed by atoms with Crippen molar-refractivity contribution in [2.24, 2.45) is 11.7 Å². The van der Waals surface area contributed by atoms with Crippen LogP contribution in [0, 0.1) is 5.92 Å². The largest absolute Gasteiger partial charge is 0.493 e. The molecule has 0 heterocycles. The zero-order valence-corrected chi connectivity index (χ0v) is 10.5. The van der Waals surface area contributed by atoms with Crippen LogP contribution < -0.4 is 10.5 Å². The fourth-order valence-electron chi connectivity index (χ4n) is 2.27. The van der Waals surface area contributed by atoms with E-state index in [2.05, 4.69) is 0 Å². The molecule has 1 saturated carbocycles. The maximum absolute atomic E-state index is 13.0. The quantitative estimate of drug-likeness (QED) is 0.893. The summed E-state index contributed by atoms with van der Waals surface area (Å²) in [6.45, 7) is 2.28. The van der Waals surface area contributed by atoms with E-state index >= 15 is 0 Å². The zero-order chi connectivity index (χ0) is 13.2. The van der Waals surface area contributed by atoms with Gasteiger partial charge in [-0.15, -0.1) is 0 Å². The van der Waals surface area contributed by atoms with Crippen molar-refractivity contribution in [3.63, 3.8) is 0 Å². The molecule has 1 aliphatic carbocycles. The molecule has 2 nitrogen and oxygen atoms in total. The summed E-state index contributed by atoms with van der Waals surface area (Å²) >= 11 is 0. The second-order valence-corrected chi connectivity index (χ2v) is 5.13. The van der Waals surface area contributed by atoms with Crippen molar-refractivity contribution in [2.45, 2.75) is 38.2 Å². The van der Waals surface area contributed by atoms with E-state index in [1.807, 2.05) is 31.2 Å². The third-order valence-electron chi connectivity index (χ3n) is 3.40. The van der Waals surface area contributed by atoms with Gasteiger partial charge in [-0.2, -0.15) is 0 Å². The molecule has 0 saturated heterocycles. The Hall–Kier alpha value is -1.16. The Morgan fingerprint density at radius 3 is 2.56 bits per heavy atom. The highest BCUT2D eigenvalue weighted by Gasteiger charge is 2.39. The molecule has 2 rings (SSSR count). The molecule has 1 aliphatic rings. The summed E-state index contributed by atoms with van der Waals surface area (Å²) in [7, 11) is 0. The minimum atomic E-state index is -2.49. The van der Waals surface area contributed by atoms with Gasteiger partial charge in [-0.25, -0.2) is 8.78 Å². The highest BCUT2D eigenvalue weighted by atomic mass is 19.3. The van der Waals surface area contributed by atoms with Crippen LogP contribution in [0.3, 0.4) is 0 Å². The molecule has 0 aromatic heterocycles. The molecule has 0 amide bonds. The monoisotopic (exact) mass is 255 g/mol. The van der Waals surface area contributed by atoms with Gasteiger partial charge in [0, 0.05) is 18.9 Å². The lowest BCUT2D eigenvalue weighted by Gasteiger charge is -2.13. The molecule has 2 atom stereocenters. The Labute approximate surface area is 106 Å². The van der Waals surface area contributed by atoms with Crippen LogP contribution in [0.15, 0.2) is 24.3 Å². The number of benzene rings is 1. The summed E-state index contributed by atoms with van der Waals surface area (Å²) in [6, 6.07) is 7.48. The van der Waals surface area contributed by atoms with Crippen molar-refractivity contribution in [2.75, 3.05) is 6.61 Å². The Bertz CT molecular complexity index is 389. The molecule has 0 aliphatic heterocycles. The summed E-state index contributed by atoms with van der Waals surface area (Å²) in [5, 5.41) is 0. The van der Waals surface area contributed by atoms with Crippen molar-refractivity contribution in [3.8, 4) is 5.75 Å². The lowest BCUT2D eigenvalue weighted by Crippen LogP contribution is -2.13. The number of ether oxygens (including phenoxy) is 1. The standard InChI is InChI=1S/C14H19F2NO/c1-10(17)12-2-4-13(5-3-12)18-9-11-6-7-14(15,16)8-11/h2-5,10-11H,6-9,17H2,1H3/t10-,11?/m1/s1. The molecular weight excluding hydrogens is 236 g/mol. The maximum Gasteiger partial charge on any atom is 0.248 e. The lowest BCUT2D eigenvalue weighted by molar-refractivity contribution is 0.00292. The van der Waals surface area contributed by atoms with Gasteiger partial charge in [-0.1, -0.05) is 12.1 Å². The highest BCUT2D eigenvalue weighted by molar-refractivity contribution is 5.28. The molecular formula is C14H19F2NO. The van der Waals surface area contributed by atoms with Crippen molar-refractivity contribution >= 4 is 0 Å². The van der Waals surface area contributed by atoms with Crippen LogP contribution in [0.4, 0.5) is 8.78 Å². The fourth-order valence-corrected chi connectivity index (χ4v) is 2.27. The van der Waals surface area contributed by atoms with E-state index in [0.29, 0.717) is 13.0 Å². The third-order valence-corrected chi connectivity index (χ3v) is 3.40. The van der Waals surface area contributed by atoms with Crippen molar-refractivity contribution < 1.29 is 13.5 Å². The molecule has 0 bridgehead atoms. The van der Waals surface area contributed by atoms with Gasteiger partial charge in [0.25, 0.3) is 0 Å². The van der Waals surface area contributed by atoms with Gasteiger partial charge in [0.2, 0.25) is 5.92 Å². The van der Waals surface area contributed by atoms with E-state index in [9.17, 15) is 8.78 Å². The third kappa shape index (κ3) is 3.42. The van der Waals surface area contributed by atoms with Gasteiger partial charge in [0.15, 0.2) is 0 Å². The molecule has 1 unspecified atom stereocenters. The van der Waals surface area contributed by atoms with Gasteiger partial charge < -0.3 is 10.5 Å². The molecule has 1 aromatic carbocycles. The highest BCUT2D eigenvalue weighted by Crippen LogP contribution is 2.38. The first-order chi connectivity index (χ1) is 8.46. The molecule has 2 N–H and O–H groups in total. The van der Waals surface area contributed by atoms with Crippen molar-refractivity contribution in [1.82, 2.24) is 0 Å². The second-order valence-electron chi connectivity index (χ2n) is 5.13.